The van der Waals surface area contributed by atoms with Crippen LogP contribution in [0.3, 0.4) is 0 Å². The Morgan fingerprint density at radius 3 is 2.48 bits per heavy atom. The predicted octanol–water partition coefficient (Wildman–Crippen LogP) is 3.51. The SMILES string of the molecule is COCCc1ccc(Oc2ccc(C(=O)O)cc2F)cc1. The average molecular weight is 290 g/mol. The van der Waals surface area contributed by atoms with E-state index in [1.165, 1.54) is 12.1 Å². The molecule has 2 aromatic rings. The molecule has 21 heavy (non-hydrogen) atoms. The smallest absolute Gasteiger partial charge is 0.335 e. The lowest BCUT2D eigenvalue weighted by Crippen LogP contribution is -1.98. The van der Waals surface area contributed by atoms with Crippen molar-refractivity contribution in [1.29, 1.82) is 0 Å². The molecule has 0 aliphatic rings. The Bertz CT molecular complexity index is 623. The summed E-state index contributed by atoms with van der Waals surface area (Å²) < 4.78 is 24.1. The fourth-order valence-corrected chi connectivity index (χ4v) is 1.79. The average Bonchev–Trinajstić information content (AvgIpc) is 2.48. The van der Waals surface area contributed by atoms with Crippen LogP contribution >= 0.6 is 0 Å². The first-order valence-electron chi connectivity index (χ1n) is 6.38. The zero-order valence-electron chi connectivity index (χ0n) is 11.5. The second kappa shape index (κ2) is 6.85. The molecule has 0 fully saturated rings. The van der Waals surface area contributed by atoms with E-state index in [0.29, 0.717) is 12.4 Å². The van der Waals surface area contributed by atoms with E-state index in [4.69, 9.17) is 14.6 Å². The summed E-state index contributed by atoms with van der Waals surface area (Å²) in [7, 11) is 1.64. The molecule has 2 aromatic carbocycles. The van der Waals surface area contributed by atoms with Crippen molar-refractivity contribution in [1.82, 2.24) is 0 Å². The highest BCUT2D eigenvalue weighted by atomic mass is 19.1. The Morgan fingerprint density at radius 1 is 1.19 bits per heavy atom. The normalized spacial score (nSPS) is 10.4. The molecule has 0 saturated carbocycles. The van der Waals surface area contributed by atoms with Crippen molar-refractivity contribution in [3.05, 3.63) is 59.4 Å². The summed E-state index contributed by atoms with van der Waals surface area (Å²) in [6, 6.07) is 10.7. The second-order valence-electron chi connectivity index (χ2n) is 4.44. The molecule has 1 N–H and O–H groups in total. The van der Waals surface area contributed by atoms with Crippen LogP contribution in [-0.2, 0) is 11.2 Å². The predicted molar refractivity (Wildman–Crippen MR) is 75.5 cm³/mol. The van der Waals surface area contributed by atoms with Crippen molar-refractivity contribution in [3.63, 3.8) is 0 Å². The number of methoxy groups -OCH3 is 1. The minimum absolute atomic E-state index is 0.00959. The lowest BCUT2D eigenvalue weighted by atomic mass is 10.1. The number of carbonyl (C=O) groups is 1. The molecule has 0 aliphatic heterocycles. The summed E-state index contributed by atoms with van der Waals surface area (Å²) in [6.07, 6.45) is 0.790. The fourth-order valence-electron chi connectivity index (χ4n) is 1.79. The van der Waals surface area contributed by atoms with E-state index < -0.39 is 11.8 Å². The number of rotatable bonds is 6. The molecule has 0 saturated heterocycles. The van der Waals surface area contributed by atoms with Crippen LogP contribution in [0, 0.1) is 5.82 Å². The number of aromatic carboxylic acids is 1. The lowest BCUT2D eigenvalue weighted by Gasteiger charge is -2.08. The Hall–Kier alpha value is -2.40. The minimum atomic E-state index is -1.18. The number of hydrogen-bond acceptors (Lipinski definition) is 3. The highest BCUT2D eigenvalue weighted by Crippen LogP contribution is 2.25. The Balaban J connectivity index is 2.09. The first-order chi connectivity index (χ1) is 10.1. The van der Waals surface area contributed by atoms with Crippen LogP contribution in [-0.4, -0.2) is 24.8 Å². The molecule has 0 unspecified atom stereocenters. The fraction of sp³-hybridized carbons (Fsp3) is 0.188. The van der Waals surface area contributed by atoms with Gasteiger partial charge < -0.3 is 14.6 Å². The van der Waals surface area contributed by atoms with Gasteiger partial charge in [0, 0.05) is 7.11 Å². The van der Waals surface area contributed by atoms with Gasteiger partial charge in [-0.2, -0.15) is 0 Å². The molecule has 0 amide bonds. The molecule has 5 heteroatoms. The summed E-state index contributed by atoms with van der Waals surface area (Å²) >= 11 is 0. The first kappa shape index (κ1) is 15.0. The molecule has 0 bridgehead atoms. The highest BCUT2D eigenvalue weighted by molar-refractivity contribution is 5.87. The molecule has 0 radical (unpaired) electrons. The summed E-state index contributed by atoms with van der Waals surface area (Å²) in [5.41, 5.74) is 0.973. The molecule has 0 atom stereocenters. The van der Waals surface area contributed by atoms with Crippen molar-refractivity contribution < 1.29 is 23.8 Å². The quantitative estimate of drug-likeness (QED) is 0.884. The van der Waals surface area contributed by atoms with Crippen LogP contribution in [0.4, 0.5) is 4.39 Å². The van der Waals surface area contributed by atoms with Gasteiger partial charge in [-0.3, -0.25) is 0 Å². The molecule has 0 spiro atoms. The van der Waals surface area contributed by atoms with E-state index in [2.05, 4.69) is 0 Å². The monoisotopic (exact) mass is 290 g/mol. The highest BCUT2D eigenvalue weighted by Gasteiger charge is 2.10. The summed E-state index contributed by atoms with van der Waals surface area (Å²) in [4.78, 5) is 10.7. The Kier molecular flexibility index (Phi) is 4.90. The topological polar surface area (TPSA) is 55.8 Å². The van der Waals surface area contributed by atoms with E-state index in [9.17, 15) is 9.18 Å². The zero-order valence-corrected chi connectivity index (χ0v) is 11.5. The van der Waals surface area contributed by atoms with Crippen LogP contribution in [0.2, 0.25) is 0 Å². The Morgan fingerprint density at radius 2 is 1.90 bits per heavy atom. The van der Waals surface area contributed by atoms with Crippen LogP contribution in [0.25, 0.3) is 0 Å². The first-order valence-corrected chi connectivity index (χ1v) is 6.38. The minimum Gasteiger partial charge on any atom is -0.478 e. The van der Waals surface area contributed by atoms with Gasteiger partial charge in [0.05, 0.1) is 12.2 Å². The molecular weight excluding hydrogens is 275 g/mol. The van der Waals surface area contributed by atoms with E-state index in [1.54, 1.807) is 19.2 Å². The molecule has 0 aromatic heterocycles. The zero-order chi connectivity index (χ0) is 15.2. The maximum atomic E-state index is 13.7. The van der Waals surface area contributed by atoms with Crippen molar-refractivity contribution in [3.8, 4) is 11.5 Å². The van der Waals surface area contributed by atoms with Gasteiger partial charge in [0.1, 0.15) is 5.75 Å². The van der Waals surface area contributed by atoms with Gasteiger partial charge in [-0.05, 0) is 42.3 Å². The van der Waals surface area contributed by atoms with E-state index >= 15 is 0 Å². The standard InChI is InChI=1S/C16H15FO4/c1-20-9-8-11-2-5-13(6-3-11)21-15-7-4-12(16(18)19)10-14(15)17/h2-7,10H,8-9H2,1H3,(H,18,19). The maximum Gasteiger partial charge on any atom is 0.335 e. The summed E-state index contributed by atoms with van der Waals surface area (Å²) in [6.45, 7) is 0.630. The van der Waals surface area contributed by atoms with Gasteiger partial charge >= 0.3 is 5.97 Å². The van der Waals surface area contributed by atoms with Gasteiger partial charge in [-0.15, -0.1) is 0 Å². The van der Waals surface area contributed by atoms with Crippen LogP contribution in [0.5, 0.6) is 11.5 Å². The van der Waals surface area contributed by atoms with Crippen molar-refractivity contribution in [2.75, 3.05) is 13.7 Å². The van der Waals surface area contributed by atoms with Crippen LogP contribution in [0.1, 0.15) is 15.9 Å². The van der Waals surface area contributed by atoms with E-state index in [1.807, 2.05) is 12.1 Å². The number of benzene rings is 2. The van der Waals surface area contributed by atoms with Crippen molar-refractivity contribution in [2.45, 2.75) is 6.42 Å². The molecule has 0 aliphatic carbocycles. The van der Waals surface area contributed by atoms with Crippen molar-refractivity contribution in [2.24, 2.45) is 0 Å². The summed E-state index contributed by atoms with van der Waals surface area (Å²) in [5.74, 6) is -1.41. The second-order valence-corrected chi connectivity index (χ2v) is 4.44. The third-order valence-corrected chi connectivity index (χ3v) is 2.92. The molecule has 0 heterocycles. The van der Waals surface area contributed by atoms with E-state index in [-0.39, 0.29) is 11.3 Å². The van der Waals surface area contributed by atoms with Crippen LogP contribution < -0.4 is 4.74 Å². The van der Waals surface area contributed by atoms with Gasteiger partial charge in [0.2, 0.25) is 0 Å². The van der Waals surface area contributed by atoms with Gasteiger partial charge in [0.25, 0.3) is 0 Å². The number of carboxylic acids is 1. The number of ether oxygens (including phenoxy) is 2. The molecule has 4 nitrogen and oxygen atoms in total. The largest absolute Gasteiger partial charge is 0.478 e. The number of carboxylic acid groups (broad SMARTS) is 1. The molecule has 110 valence electrons. The third kappa shape index (κ3) is 4.03. The number of halogens is 1. The van der Waals surface area contributed by atoms with Crippen LogP contribution in [0.15, 0.2) is 42.5 Å². The van der Waals surface area contributed by atoms with Crippen molar-refractivity contribution >= 4 is 5.97 Å². The molecule has 2 rings (SSSR count). The Labute approximate surface area is 121 Å². The lowest BCUT2D eigenvalue weighted by molar-refractivity contribution is 0.0696. The third-order valence-electron chi connectivity index (χ3n) is 2.92. The van der Waals surface area contributed by atoms with E-state index in [0.717, 1.165) is 18.1 Å². The van der Waals surface area contributed by atoms with Gasteiger partial charge in [0.15, 0.2) is 11.6 Å². The summed E-state index contributed by atoms with van der Waals surface area (Å²) in [5, 5.41) is 8.77. The maximum absolute atomic E-state index is 13.7. The number of hydrogen-bond donors (Lipinski definition) is 1. The van der Waals surface area contributed by atoms with Gasteiger partial charge in [-0.1, -0.05) is 12.1 Å². The molecular formula is C16H15FO4. The van der Waals surface area contributed by atoms with Gasteiger partial charge in [-0.25, -0.2) is 9.18 Å².